The minimum atomic E-state index is -0.169. The Morgan fingerprint density at radius 3 is 2.40 bits per heavy atom. The van der Waals surface area contributed by atoms with E-state index in [0.717, 1.165) is 45.3 Å². The lowest BCUT2D eigenvalue weighted by Crippen LogP contribution is -2.56. The summed E-state index contributed by atoms with van der Waals surface area (Å²) in [4.78, 5) is 28.7. The molecule has 2 aliphatic rings. The summed E-state index contributed by atoms with van der Waals surface area (Å²) in [6.45, 7) is 6.88. The Labute approximate surface area is 121 Å². The Morgan fingerprint density at radius 2 is 1.90 bits per heavy atom. The molecule has 2 amide bonds. The summed E-state index contributed by atoms with van der Waals surface area (Å²) < 4.78 is 0. The van der Waals surface area contributed by atoms with Gasteiger partial charge in [-0.05, 0) is 38.1 Å². The first-order chi connectivity index (χ1) is 9.54. The van der Waals surface area contributed by atoms with Gasteiger partial charge in [-0.2, -0.15) is 0 Å². The fourth-order valence-corrected chi connectivity index (χ4v) is 3.18. The Bertz CT molecular complexity index is 366. The minimum absolute atomic E-state index is 0.0435. The van der Waals surface area contributed by atoms with Gasteiger partial charge < -0.3 is 10.2 Å². The molecule has 1 N–H and O–H groups in total. The highest BCUT2D eigenvalue weighted by Crippen LogP contribution is 2.26. The smallest absolute Gasteiger partial charge is 0.239 e. The maximum Gasteiger partial charge on any atom is 0.239 e. The van der Waals surface area contributed by atoms with Gasteiger partial charge in [0.15, 0.2) is 0 Å². The second kappa shape index (κ2) is 6.57. The van der Waals surface area contributed by atoms with Crippen molar-refractivity contribution in [2.24, 2.45) is 5.92 Å². The van der Waals surface area contributed by atoms with Crippen molar-refractivity contribution in [3.05, 3.63) is 0 Å². The normalized spacial score (nSPS) is 24.6. The maximum atomic E-state index is 12.5. The van der Waals surface area contributed by atoms with Crippen molar-refractivity contribution in [2.45, 2.75) is 51.6 Å². The van der Waals surface area contributed by atoms with E-state index in [-0.39, 0.29) is 23.9 Å². The zero-order chi connectivity index (χ0) is 14.7. The molecule has 2 aliphatic heterocycles. The van der Waals surface area contributed by atoms with E-state index in [1.807, 2.05) is 4.90 Å². The number of nitrogens with zero attached hydrogens (tertiary/aromatic N) is 2. The third-order valence-electron chi connectivity index (χ3n) is 4.39. The summed E-state index contributed by atoms with van der Waals surface area (Å²) in [7, 11) is 1.68. The van der Waals surface area contributed by atoms with E-state index in [1.54, 1.807) is 7.05 Å². The molecular formula is C15H27N3O2. The number of amides is 2. The summed E-state index contributed by atoms with van der Waals surface area (Å²) in [5.74, 6) is 0.714. The highest BCUT2D eigenvalue weighted by Gasteiger charge is 2.40. The van der Waals surface area contributed by atoms with E-state index in [0.29, 0.717) is 5.92 Å². The van der Waals surface area contributed by atoms with E-state index in [9.17, 15) is 9.59 Å². The van der Waals surface area contributed by atoms with Crippen molar-refractivity contribution in [1.82, 2.24) is 15.1 Å². The minimum Gasteiger partial charge on any atom is -0.358 e. The Kier molecular flexibility index (Phi) is 5.02. The fourth-order valence-electron chi connectivity index (χ4n) is 3.18. The molecule has 0 aromatic rings. The van der Waals surface area contributed by atoms with Crippen LogP contribution in [0.15, 0.2) is 0 Å². The highest BCUT2D eigenvalue weighted by molar-refractivity contribution is 5.86. The number of likely N-dealkylation sites (N-methyl/N-ethyl adjacent to an activating group) is 1. The van der Waals surface area contributed by atoms with E-state index >= 15 is 0 Å². The molecular weight excluding hydrogens is 254 g/mol. The molecule has 2 atom stereocenters. The molecule has 0 radical (unpaired) electrons. The summed E-state index contributed by atoms with van der Waals surface area (Å²) in [6.07, 6.45) is 3.82. The van der Waals surface area contributed by atoms with Crippen LogP contribution in [0.2, 0.25) is 0 Å². The molecule has 2 fully saturated rings. The number of hydrogen-bond acceptors (Lipinski definition) is 3. The number of carbonyl (C=O) groups is 2. The largest absolute Gasteiger partial charge is 0.358 e. The van der Waals surface area contributed by atoms with Gasteiger partial charge in [-0.3, -0.25) is 14.5 Å². The molecule has 0 aromatic heterocycles. The van der Waals surface area contributed by atoms with Crippen molar-refractivity contribution in [1.29, 1.82) is 0 Å². The van der Waals surface area contributed by atoms with Crippen LogP contribution in [0.1, 0.15) is 39.5 Å². The lowest BCUT2D eigenvalue weighted by molar-refractivity contribution is -0.142. The first kappa shape index (κ1) is 15.3. The van der Waals surface area contributed by atoms with Crippen LogP contribution in [-0.4, -0.2) is 60.4 Å². The molecule has 0 bridgehead atoms. The van der Waals surface area contributed by atoms with Gasteiger partial charge in [0.25, 0.3) is 0 Å². The molecule has 5 nitrogen and oxygen atoms in total. The van der Waals surface area contributed by atoms with Gasteiger partial charge in [-0.15, -0.1) is 0 Å². The molecule has 20 heavy (non-hydrogen) atoms. The average molecular weight is 281 g/mol. The van der Waals surface area contributed by atoms with Gasteiger partial charge in [-0.1, -0.05) is 13.8 Å². The summed E-state index contributed by atoms with van der Waals surface area (Å²) in [5.41, 5.74) is 0. The Morgan fingerprint density at radius 1 is 1.20 bits per heavy atom. The summed E-state index contributed by atoms with van der Waals surface area (Å²) >= 11 is 0. The van der Waals surface area contributed by atoms with Crippen molar-refractivity contribution in [2.75, 3.05) is 26.7 Å². The summed E-state index contributed by atoms with van der Waals surface area (Å²) in [5, 5.41) is 2.76. The van der Waals surface area contributed by atoms with Crippen LogP contribution < -0.4 is 5.32 Å². The van der Waals surface area contributed by atoms with Gasteiger partial charge >= 0.3 is 0 Å². The molecule has 114 valence electrons. The second-order valence-electron chi connectivity index (χ2n) is 6.33. The van der Waals surface area contributed by atoms with E-state index in [1.165, 1.54) is 0 Å². The molecule has 2 saturated heterocycles. The Balaban J connectivity index is 2.09. The van der Waals surface area contributed by atoms with Crippen LogP contribution in [0.3, 0.4) is 0 Å². The van der Waals surface area contributed by atoms with Gasteiger partial charge in [0, 0.05) is 20.1 Å². The van der Waals surface area contributed by atoms with Crippen molar-refractivity contribution in [3.63, 3.8) is 0 Å². The number of likely N-dealkylation sites (tertiary alicyclic amines) is 2. The third kappa shape index (κ3) is 3.14. The molecule has 2 rings (SSSR count). The monoisotopic (exact) mass is 281 g/mol. The van der Waals surface area contributed by atoms with Crippen LogP contribution in [0.25, 0.3) is 0 Å². The van der Waals surface area contributed by atoms with Crippen LogP contribution in [0.5, 0.6) is 0 Å². The van der Waals surface area contributed by atoms with E-state index in [2.05, 4.69) is 24.1 Å². The molecule has 0 aromatic carbocycles. The van der Waals surface area contributed by atoms with Crippen LogP contribution in [0.4, 0.5) is 0 Å². The number of rotatable bonds is 5. The predicted octanol–water partition coefficient (Wildman–Crippen LogP) is 0.844. The zero-order valence-electron chi connectivity index (χ0n) is 12.9. The van der Waals surface area contributed by atoms with Crippen molar-refractivity contribution >= 4 is 11.8 Å². The van der Waals surface area contributed by atoms with Gasteiger partial charge in [0.05, 0.1) is 12.1 Å². The molecule has 0 aliphatic carbocycles. The topological polar surface area (TPSA) is 52.7 Å². The first-order valence-corrected chi connectivity index (χ1v) is 7.80. The van der Waals surface area contributed by atoms with Crippen molar-refractivity contribution < 1.29 is 9.59 Å². The highest BCUT2D eigenvalue weighted by atomic mass is 16.2. The third-order valence-corrected chi connectivity index (χ3v) is 4.39. The van der Waals surface area contributed by atoms with Crippen LogP contribution in [0, 0.1) is 5.92 Å². The lowest BCUT2D eigenvalue weighted by atomic mass is 10.00. The fraction of sp³-hybridized carbons (Fsp3) is 0.867. The molecule has 2 unspecified atom stereocenters. The average Bonchev–Trinajstić information content (AvgIpc) is 2.81. The van der Waals surface area contributed by atoms with Gasteiger partial charge in [-0.25, -0.2) is 0 Å². The maximum absolute atomic E-state index is 12.5. The van der Waals surface area contributed by atoms with Crippen LogP contribution in [-0.2, 0) is 9.59 Å². The predicted molar refractivity (Wildman–Crippen MR) is 78.2 cm³/mol. The van der Waals surface area contributed by atoms with Gasteiger partial charge in [0.2, 0.25) is 11.8 Å². The first-order valence-electron chi connectivity index (χ1n) is 7.80. The van der Waals surface area contributed by atoms with E-state index < -0.39 is 0 Å². The molecule has 0 saturated carbocycles. The molecule has 2 heterocycles. The van der Waals surface area contributed by atoms with Crippen molar-refractivity contribution in [3.8, 4) is 0 Å². The molecule has 5 heteroatoms. The molecule has 0 spiro atoms. The van der Waals surface area contributed by atoms with E-state index in [4.69, 9.17) is 0 Å². The Hall–Kier alpha value is -1.10. The lowest BCUT2D eigenvalue weighted by Gasteiger charge is -2.38. The number of hydrogen-bond donors (Lipinski definition) is 1. The van der Waals surface area contributed by atoms with Gasteiger partial charge in [0.1, 0.15) is 0 Å². The summed E-state index contributed by atoms with van der Waals surface area (Å²) in [6, 6.07) is -0.255. The number of carbonyl (C=O) groups excluding carboxylic acids is 2. The number of nitrogens with one attached hydrogen (secondary N) is 1. The standard InChI is InChI=1S/C15H27N3O2/c1-11(2)10-13(14(19)16-3)18-9-4-6-12(18)15(20)17-7-5-8-17/h11-13H,4-10H2,1-3H3,(H,16,19). The van der Waals surface area contributed by atoms with Crippen LogP contribution >= 0.6 is 0 Å². The zero-order valence-corrected chi connectivity index (χ0v) is 12.9. The SMILES string of the molecule is CNC(=O)C(CC(C)C)N1CCCC1C(=O)N1CCC1. The second-order valence-corrected chi connectivity index (χ2v) is 6.33. The quantitative estimate of drug-likeness (QED) is 0.812.